The van der Waals surface area contributed by atoms with Gasteiger partial charge >= 0.3 is 0 Å². The van der Waals surface area contributed by atoms with Crippen molar-refractivity contribution in [1.29, 1.82) is 0 Å². The lowest BCUT2D eigenvalue weighted by atomic mass is 9.98. The van der Waals surface area contributed by atoms with Crippen LogP contribution in [-0.2, 0) is 0 Å². The summed E-state index contributed by atoms with van der Waals surface area (Å²) in [5.41, 5.74) is 1.46. The zero-order valence-electron chi connectivity index (χ0n) is 10.5. The molecule has 3 N–H and O–H groups in total. The summed E-state index contributed by atoms with van der Waals surface area (Å²) in [6.45, 7) is 0.335. The molecule has 2 aromatic rings. The van der Waals surface area contributed by atoms with Crippen LogP contribution < -0.4 is 4.74 Å². The van der Waals surface area contributed by atoms with Gasteiger partial charge < -0.3 is 20.1 Å². The number of ether oxygens (including phenoxy) is 1. The molecule has 1 aliphatic heterocycles. The number of Topliss-reactive ketones (excluding diaryl/α,β-unsaturated/α-hetero) is 1. The molecule has 0 unspecified atom stereocenters. The minimum Gasteiger partial charge on any atom is -0.504 e. The van der Waals surface area contributed by atoms with Crippen LogP contribution in [0.2, 0.25) is 0 Å². The molecule has 2 aromatic carbocycles. The van der Waals surface area contributed by atoms with Crippen LogP contribution in [0, 0.1) is 0 Å². The van der Waals surface area contributed by atoms with E-state index in [2.05, 4.69) is 0 Å². The highest BCUT2D eigenvalue weighted by atomic mass is 16.5. The normalized spacial score (nSPS) is 13.7. The first-order valence-corrected chi connectivity index (χ1v) is 6.12. The van der Waals surface area contributed by atoms with Gasteiger partial charge in [0.2, 0.25) is 5.75 Å². The largest absolute Gasteiger partial charge is 0.504 e. The van der Waals surface area contributed by atoms with Crippen molar-refractivity contribution in [1.82, 2.24) is 0 Å². The Hall–Kier alpha value is -2.69. The first-order valence-electron chi connectivity index (χ1n) is 6.12. The molecule has 102 valence electrons. The average Bonchev–Trinajstić information content (AvgIpc) is 2.45. The third kappa shape index (κ3) is 1.84. The number of carbonyl (C=O) groups excluding carboxylic acids is 1. The van der Waals surface area contributed by atoms with Gasteiger partial charge in [-0.05, 0) is 29.8 Å². The van der Waals surface area contributed by atoms with Crippen molar-refractivity contribution in [2.45, 2.75) is 6.42 Å². The Morgan fingerprint density at radius 1 is 0.950 bits per heavy atom. The number of hydrogen-bond donors (Lipinski definition) is 3. The van der Waals surface area contributed by atoms with E-state index in [1.165, 1.54) is 12.1 Å². The van der Waals surface area contributed by atoms with Gasteiger partial charge in [0.1, 0.15) is 5.75 Å². The first-order chi connectivity index (χ1) is 9.58. The zero-order chi connectivity index (χ0) is 14.3. The van der Waals surface area contributed by atoms with Gasteiger partial charge in [-0.1, -0.05) is 6.07 Å². The van der Waals surface area contributed by atoms with Crippen molar-refractivity contribution in [2.75, 3.05) is 6.61 Å². The topological polar surface area (TPSA) is 87.0 Å². The van der Waals surface area contributed by atoms with Crippen LogP contribution in [0.5, 0.6) is 23.0 Å². The number of ketones is 1. The molecular weight excluding hydrogens is 260 g/mol. The van der Waals surface area contributed by atoms with E-state index < -0.39 is 17.2 Å². The smallest absolute Gasteiger partial charge is 0.200 e. The van der Waals surface area contributed by atoms with Crippen LogP contribution in [0.4, 0.5) is 0 Å². The minimum absolute atomic E-state index is 0.0237. The van der Waals surface area contributed by atoms with Crippen LogP contribution in [0.3, 0.4) is 0 Å². The molecule has 5 heteroatoms. The number of aromatic hydroxyl groups is 3. The molecule has 0 bridgehead atoms. The number of rotatable bonds is 1. The average molecular weight is 272 g/mol. The summed E-state index contributed by atoms with van der Waals surface area (Å²) >= 11 is 0. The van der Waals surface area contributed by atoms with Gasteiger partial charge in [0.25, 0.3) is 0 Å². The van der Waals surface area contributed by atoms with Gasteiger partial charge in [0.05, 0.1) is 12.2 Å². The van der Waals surface area contributed by atoms with Crippen molar-refractivity contribution in [2.24, 2.45) is 0 Å². The fourth-order valence-corrected chi connectivity index (χ4v) is 2.23. The number of hydrogen-bond acceptors (Lipinski definition) is 5. The van der Waals surface area contributed by atoms with Crippen LogP contribution in [0.25, 0.3) is 11.1 Å². The Labute approximate surface area is 114 Å². The summed E-state index contributed by atoms with van der Waals surface area (Å²) in [6, 6.07) is 7.71. The lowest BCUT2D eigenvalue weighted by Gasteiger charge is -2.17. The second-order valence-corrected chi connectivity index (χ2v) is 4.56. The third-order valence-corrected chi connectivity index (χ3v) is 3.31. The number of benzene rings is 2. The van der Waals surface area contributed by atoms with E-state index in [4.69, 9.17) is 4.74 Å². The molecule has 0 aliphatic carbocycles. The van der Waals surface area contributed by atoms with Gasteiger partial charge in [0.15, 0.2) is 17.3 Å². The number of fused-ring (bicyclic) bond motifs is 1. The Kier molecular flexibility index (Phi) is 2.75. The number of phenolic OH excluding ortho intramolecular Hbond substituents is 3. The zero-order valence-corrected chi connectivity index (χ0v) is 10.5. The number of carbonyl (C=O) groups is 1. The van der Waals surface area contributed by atoms with Crippen molar-refractivity contribution in [3.8, 4) is 34.1 Å². The lowest BCUT2D eigenvalue weighted by molar-refractivity contribution is 0.0933. The molecule has 0 spiro atoms. The van der Waals surface area contributed by atoms with Crippen molar-refractivity contribution < 1.29 is 24.9 Å². The second-order valence-electron chi connectivity index (χ2n) is 4.56. The highest BCUT2D eigenvalue weighted by Gasteiger charge is 2.20. The van der Waals surface area contributed by atoms with Gasteiger partial charge in [-0.3, -0.25) is 4.79 Å². The summed E-state index contributed by atoms with van der Waals surface area (Å²) in [7, 11) is 0. The van der Waals surface area contributed by atoms with E-state index >= 15 is 0 Å². The monoisotopic (exact) mass is 272 g/mol. The Morgan fingerprint density at radius 2 is 1.70 bits per heavy atom. The van der Waals surface area contributed by atoms with Crippen molar-refractivity contribution in [3.05, 3.63) is 35.9 Å². The first kappa shape index (κ1) is 12.3. The highest BCUT2D eigenvalue weighted by Crippen LogP contribution is 2.43. The van der Waals surface area contributed by atoms with E-state index in [1.54, 1.807) is 18.2 Å². The molecule has 0 atom stereocenters. The molecule has 0 saturated heterocycles. The number of phenols is 3. The van der Waals surface area contributed by atoms with Gasteiger partial charge in [-0.2, -0.15) is 0 Å². The van der Waals surface area contributed by atoms with E-state index in [0.717, 1.165) is 0 Å². The van der Waals surface area contributed by atoms with Gasteiger partial charge in [0, 0.05) is 12.0 Å². The molecule has 5 nitrogen and oxygen atoms in total. The molecule has 0 radical (unpaired) electrons. The molecule has 1 heterocycles. The van der Waals surface area contributed by atoms with Crippen LogP contribution in [0.1, 0.15) is 16.8 Å². The molecule has 1 aliphatic rings. The quantitative estimate of drug-likeness (QED) is 0.694. The minimum atomic E-state index is -0.572. The molecule has 0 amide bonds. The lowest BCUT2D eigenvalue weighted by Crippen LogP contribution is -2.15. The maximum absolute atomic E-state index is 11.7. The maximum atomic E-state index is 11.7. The highest BCUT2D eigenvalue weighted by molar-refractivity contribution is 6.00. The molecule has 20 heavy (non-hydrogen) atoms. The Bertz CT molecular complexity index is 706. The molecule has 3 rings (SSSR count). The summed E-state index contributed by atoms with van der Waals surface area (Å²) < 4.78 is 5.44. The second kappa shape index (κ2) is 4.45. The Balaban J connectivity index is 2.12. The summed E-state index contributed by atoms with van der Waals surface area (Å²) in [5.74, 6) is -0.888. The van der Waals surface area contributed by atoms with E-state index in [1.807, 2.05) is 0 Å². The summed E-state index contributed by atoms with van der Waals surface area (Å²) in [5, 5.41) is 28.7. The molecule has 0 fully saturated rings. The summed E-state index contributed by atoms with van der Waals surface area (Å²) in [4.78, 5) is 11.7. The predicted molar refractivity (Wildman–Crippen MR) is 71.3 cm³/mol. The maximum Gasteiger partial charge on any atom is 0.200 e. The molecular formula is C15H12O5. The third-order valence-electron chi connectivity index (χ3n) is 3.31. The molecule has 0 saturated carbocycles. The fraction of sp³-hybridized carbons (Fsp3) is 0.133. The van der Waals surface area contributed by atoms with E-state index in [9.17, 15) is 20.1 Å². The Morgan fingerprint density at radius 3 is 2.50 bits per heavy atom. The van der Waals surface area contributed by atoms with Crippen LogP contribution in [0.15, 0.2) is 30.3 Å². The SMILES string of the molecule is O=C1CCOc2cc(-c3ccc(O)c(O)c3O)ccc21. The fourth-order valence-electron chi connectivity index (χ4n) is 2.23. The van der Waals surface area contributed by atoms with Crippen LogP contribution >= 0.6 is 0 Å². The summed E-state index contributed by atoms with van der Waals surface area (Å²) in [6.07, 6.45) is 0.359. The predicted octanol–water partition coefficient (Wildman–Crippen LogP) is 2.44. The van der Waals surface area contributed by atoms with E-state index in [0.29, 0.717) is 35.5 Å². The van der Waals surface area contributed by atoms with Crippen LogP contribution in [-0.4, -0.2) is 27.7 Å². The standard InChI is InChI=1S/C15H12O5/c16-11-5-6-20-13-7-8(1-2-10(11)13)9-3-4-12(17)15(19)14(9)18/h1-4,7,17-19H,5-6H2. The van der Waals surface area contributed by atoms with Crippen molar-refractivity contribution >= 4 is 5.78 Å². The molecule has 0 aromatic heterocycles. The van der Waals surface area contributed by atoms with Gasteiger partial charge in [-0.25, -0.2) is 0 Å². The van der Waals surface area contributed by atoms with E-state index in [-0.39, 0.29) is 5.78 Å². The van der Waals surface area contributed by atoms with Crippen molar-refractivity contribution in [3.63, 3.8) is 0 Å². The van der Waals surface area contributed by atoms with Gasteiger partial charge in [-0.15, -0.1) is 0 Å².